The van der Waals surface area contributed by atoms with Gasteiger partial charge in [-0.2, -0.15) is 0 Å². The lowest BCUT2D eigenvalue weighted by atomic mass is 10.2. The summed E-state index contributed by atoms with van der Waals surface area (Å²) in [6.07, 6.45) is 0.700. The van der Waals surface area contributed by atoms with Gasteiger partial charge in [-0.3, -0.25) is 10.1 Å². The molecule has 21 heavy (non-hydrogen) atoms. The van der Waals surface area contributed by atoms with Crippen molar-refractivity contribution in [3.63, 3.8) is 0 Å². The number of hydrogen-bond donors (Lipinski definition) is 1. The molecule has 0 aliphatic carbocycles. The van der Waals surface area contributed by atoms with Crippen molar-refractivity contribution in [1.82, 2.24) is 10.2 Å². The van der Waals surface area contributed by atoms with Crippen LogP contribution in [0.4, 0.5) is 5.13 Å². The first-order valence-electron chi connectivity index (χ1n) is 6.12. The van der Waals surface area contributed by atoms with E-state index in [2.05, 4.69) is 31.4 Å². The molecule has 1 amide bonds. The first-order chi connectivity index (χ1) is 10.2. The van der Waals surface area contributed by atoms with Crippen molar-refractivity contribution in [3.05, 3.63) is 61.7 Å². The summed E-state index contributed by atoms with van der Waals surface area (Å²) in [6.45, 7) is 0. The minimum atomic E-state index is -0.143. The number of anilines is 1. The van der Waals surface area contributed by atoms with Crippen molar-refractivity contribution in [2.45, 2.75) is 6.42 Å². The highest BCUT2D eigenvalue weighted by atomic mass is 79.9. The van der Waals surface area contributed by atoms with Crippen LogP contribution in [0.1, 0.15) is 20.2 Å². The second kappa shape index (κ2) is 6.46. The van der Waals surface area contributed by atoms with Gasteiger partial charge in [-0.05, 0) is 29.1 Å². The van der Waals surface area contributed by atoms with E-state index in [9.17, 15) is 4.79 Å². The number of carbonyl (C=O) groups excluding carboxylic acids is 1. The number of hydrogen-bond acceptors (Lipinski definition) is 5. The van der Waals surface area contributed by atoms with Crippen LogP contribution in [0.2, 0.25) is 0 Å². The molecular formula is C14H10BrN3OS2. The molecule has 1 aromatic carbocycles. The molecule has 106 valence electrons. The molecule has 0 aliphatic heterocycles. The van der Waals surface area contributed by atoms with E-state index >= 15 is 0 Å². The van der Waals surface area contributed by atoms with E-state index in [1.54, 1.807) is 6.07 Å². The van der Waals surface area contributed by atoms with Gasteiger partial charge in [0.05, 0.1) is 4.88 Å². The van der Waals surface area contributed by atoms with Crippen molar-refractivity contribution in [2.75, 3.05) is 5.32 Å². The maximum atomic E-state index is 11.9. The molecule has 0 unspecified atom stereocenters. The van der Waals surface area contributed by atoms with E-state index in [4.69, 9.17) is 0 Å². The van der Waals surface area contributed by atoms with Gasteiger partial charge in [0.1, 0.15) is 5.01 Å². The molecule has 0 radical (unpaired) electrons. The van der Waals surface area contributed by atoms with E-state index in [0.717, 1.165) is 15.0 Å². The Morgan fingerprint density at radius 2 is 2.14 bits per heavy atom. The highest BCUT2D eigenvalue weighted by Crippen LogP contribution is 2.21. The minimum absolute atomic E-state index is 0.143. The lowest BCUT2D eigenvalue weighted by molar-refractivity contribution is 0.103. The van der Waals surface area contributed by atoms with Gasteiger partial charge in [0, 0.05) is 10.9 Å². The van der Waals surface area contributed by atoms with Crippen LogP contribution in [-0.2, 0) is 6.42 Å². The fraction of sp³-hybridized carbons (Fsp3) is 0.0714. The van der Waals surface area contributed by atoms with Crippen molar-refractivity contribution in [1.29, 1.82) is 0 Å². The van der Waals surface area contributed by atoms with Crippen LogP contribution in [-0.4, -0.2) is 16.1 Å². The molecule has 0 bridgehead atoms. The quantitative estimate of drug-likeness (QED) is 0.738. The third-order valence-corrected chi connectivity index (χ3v) is 4.88. The number of nitrogens with zero attached hydrogens (tertiary/aromatic N) is 2. The number of rotatable bonds is 4. The summed E-state index contributed by atoms with van der Waals surface area (Å²) < 4.78 is 1.04. The number of carbonyl (C=O) groups is 1. The molecule has 2 heterocycles. The van der Waals surface area contributed by atoms with Crippen molar-refractivity contribution < 1.29 is 4.79 Å². The third-order valence-electron chi connectivity index (χ3n) is 2.68. The molecule has 1 N–H and O–H groups in total. The normalized spacial score (nSPS) is 10.5. The fourth-order valence-corrected chi connectivity index (χ4v) is 3.60. The topological polar surface area (TPSA) is 54.9 Å². The minimum Gasteiger partial charge on any atom is -0.296 e. The molecule has 7 heteroatoms. The van der Waals surface area contributed by atoms with Crippen LogP contribution in [0.5, 0.6) is 0 Å². The number of halogens is 1. The van der Waals surface area contributed by atoms with Gasteiger partial charge in [0.15, 0.2) is 0 Å². The average molecular weight is 380 g/mol. The summed E-state index contributed by atoms with van der Waals surface area (Å²) in [4.78, 5) is 12.6. The standard InChI is InChI=1S/C14H10BrN3OS2/c15-10-4-1-3-9(7-10)8-12-17-18-14(21-12)16-13(19)11-5-2-6-20-11/h1-7H,8H2,(H,16,18,19). The van der Waals surface area contributed by atoms with Crippen LogP contribution >= 0.6 is 38.6 Å². The van der Waals surface area contributed by atoms with E-state index < -0.39 is 0 Å². The summed E-state index contributed by atoms with van der Waals surface area (Å²) in [5.41, 5.74) is 1.15. The number of nitrogens with one attached hydrogen (secondary N) is 1. The summed E-state index contributed by atoms with van der Waals surface area (Å²) >= 11 is 6.24. The number of aromatic nitrogens is 2. The third kappa shape index (κ3) is 3.75. The van der Waals surface area contributed by atoms with Gasteiger partial charge >= 0.3 is 0 Å². The largest absolute Gasteiger partial charge is 0.296 e. The second-order valence-electron chi connectivity index (χ2n) is 4.24. The smallest absolute Gasteiger partial charge is 0.267 e. The zero-order valence-electron chi connectivity index (χ0n) is 10.7. The Morgan fingerprint density at radius 3 is 2.90 bits per heavy atom. The van der Waals surface area contributed by atoms with Crippen LogP contribution in [0, 0.1) is 0 Å². The summed E-state index contributed by atoms with van der Waals surface area (Å²) in [5.74, 6) is -0.143. The number of amides is 1. The summed E-state index contributed by atoms with van der Waals surface area (Å²) in [7, 11) is 0. The van der Waals surface area contributed by atoms with Crippen molar-refractivity contribution in [2.24, 2.45) is 0 Å². The zero-order valence-corrected chi connectivity index (χ0v) is 14.0. The Morgan fingerprint density at radius 1 is 1.24 bits per heavy atom. The summed E-state index contributed by atoms with van der Waals surface area (Å²) in [6, 6.07) is 11.7. The first-order valence-corrected chi connectivity index (χ1v) is 8.61. The molecule has 3 rings (SSSR count). The molecule has 0 aliphatic rings. The van der Waals surface area contributed by atoms with Crippen LogP contribution in [0.3, 0.4) is 0 Å². The van der Waals surface area contributed by atoms with E-state index in [0.29, 0.717) is 16.4 Å². The van der Waals surface area contributed by atoms with Crippen LogP contribution < -0.4 is 5.32 Å². The molecule has 0 spiro atoms. The van der Waals surface area contributed by atoms with Gasteiger partial charge in [-0.15, -0.1) is 21.5 Å². The van der Waals surface area contributed by atoms with Gasteiger partial charge in [-0.25, -0.2) is 0 Å². The highest BCUT2D eigenvalue weighted by Gasteiger charge is 2.11. The predicted octanol–water partition coefficient (Wildman–Crippen LogP) is 4.21. The molecule has 0 saturated heterocycles. The number of thiophene rings is 1. The highest BCUT2D eigenvalue weighted by molar-refractivity contribution is 9.10. The van der Waals surface area contributed by atoms with Crippen LogP contribution in [0.15, 0.2) is 46.3 Å². The van der Waals surface area contributed by atoms with Gasteiger partial charge in [-0.1, -0.05) is 45.5 Å². The Balaban J connectivity index is 1.68. The molecule has 3 aromatic rings. The maximum Gasteiger partial charge on any atom is 0.267 e. The van der Waals surface area contributed by atoms with Gasteiger partial charge < -0.3 is 0 Å². The Hall–Kier alpha value is -1.57. The average Bonchev–Trinajstić information content (AvgIpc) is 3.10. The second-order valence-corrected chi connectivity index (χ2v) is 7.16. The molecule has 0 saturated carbocycles. The first kappa shape index (κ1) is 14.4. The predicted molar refractivity (Wildman–Crippen MR) is 89.1 cm³/mol. The maximum absolute atomic E-state index is 11.9. The molecule has 0 fully saturated rings. The van der Waals surface area contributed by atoms with E-state index in [1.165, 1.54) is 22.7 Å². The molecular weight excluding hydrogens is 370 g/mol. The van der Waals surface area contributed by atoms with E-state index in [-0.39, 0.29) is 5.91 Å². The zero-order chi connectivity index (χ0) is 14.7. The van der Waals surface area contributed by atoms with Crippen molar-refractivity contribution >= 4 is 49.6 Å². The summed E-state index contributed by atoms with van der Waals surface area (Å²) in [5, 5.41) is 14.2. The lowest BCUT2D eigenvalue weighted by Crippen LogP contribution is -2.09. The Labute approximate surface area is 138 Å². The Bertz CT molecular complexity index is 755. The monoisotopic (exact) mass is 379 g/mol. The molecule has 0 atom stereocenters. The van der Waals surface area contributed by atoms with Gasteiger partial charge in [0.2, 0.25) is 5.13 Å². The van der Waals surface area contributed by atoms with Crippen molar-refractivity contribution in [3.8, 4) is 0 Å². The fourth-order valence-electron chi connectivity index (χ4n) is 1.76. The Kier molecular flexibility index (Phi) is 4.42. The molecule has 2 aromatic heterocycles. The van der Waals surface area contributed by atoms with Gasteiger partial charge in [0.25, 0.3) is 5.91 Å². The molecule has 4 nitrogen and oxygen atoms in total. The lowest BCUT2D eigenvalue weighted by Gasteiger charge is -1.98. The van der Waals surface area contributed by atoms with E-state index in [1.807, 2.05) is 35.7 Å². The van der Waals surface area contributed by atoms with Crippen LogP contribution in [0.25, 0.3) is 0 Å². The SMILES string of the molecule is O=C(Nc1nnc(Cc2cccc(Br)c2)s1)c1cccs1. The number of benzene rings is 1.